The van der Waals surface area contributed by atoms with Crippen molar-refractivity contribution in [1.82, 2.24) is 0 Å². The van der Waals surface area contributed by atoms with E-state index in [1.165, 1.54) is 16.9 Å². The maximum Gasteiger partial charge on any atom is 0.137 e. The maximum atomic E-state index is 9.45. The van der Waals surface area contributed by atoms with E-state index in [4.69, 9.17) is 16.3 Å². The van der Waals surface area contributed by atoms with Gasteiger partial charge in [0.15, 0.2) is 0 Å². The Morgan fingerprint density at radius 3 is 2.96 bits per heavy atom. The van der Waals surface area contributed by atoms with E-state index in [-0.39, 0.29) is 0 Å². The van der Waals surface area contributed by atoms with Gasteiger partial charge in [-0.25, -0.2) is 4.99 Å². The van der Waals surface area contributed by atoms with Crippen molar-refractivity contribution in [3.05, 3.63) is 44.8 Å². The van der Waals surface area contributed by atoms with Gasteiger partial charge >= 0.3 is 0 Å². The molecule has 1 aromatic heterocycles. The minimum atomic E-state index is 0.571. The lowest BCUT2D eigenvalue weighted by atomic mass is 9.96. The molecule has 0 saturated heterocycles. The van der Waals surface area contributed by atoms with E-state index in [0.29, 0.717) is 17.4 Å². The highest BCUT2D eigenvalue weighted by Crippen LogP contribution is 2.39. The first kappa shape index (κ1) is 16.0. The van der Waals surface area contributed by atoms with Crippen molar-refractivity contribution < 1.29 is 4.74 Å². The molecule has 0 atom stereocenters. The molecule has 3 nitrogen and oxygen atoms in total. The lowest BCUT2D eigenvalue weighted by molar-refractivity contribution is 0.340. The number of rotatable bonds is 4. The van der Waals surface area contributed by atoms with Gasteiger partial charge in [0.05, 0.1) is 17.2 Å². The Labute approximate surface area is 145 Å². The van der Waals surface area contributed by atoms with E-state index in [9.17, 15) is 5.26 Å². The van der Waals surface area contributed by atoms with Crippen molar-refractivity contribution in [2.24, 2.45) is 4.99 Å². The van der Waals surface area contributed by atoms with Crippen LogP contribution in [-0.4, -0.2) is 12.8 Å². The molecule has 0 unspecified atom stereocenters. The number of ether oxygens (including phenoxy) is 1. The van der Waals surface area contributed by atoms with Gasteiger partial charge in [0.1, 0.15) is 16.8 Å². The normalized spacial score (nSPS) is 13.8. The molecule has 23 heavy (non-hydrogen) atoms. The number of aliphatic imine (C=N–C) groups is 1. The number of hydrogen-bond donors (Lipinski definition) is 0. The number of nitriles is 1. The predicted molar refractivity (Wildman–Crippen MR) is 95.6 cm³/mol. The van der Waals surface area contributed by atoms with E-state index in [1.54, 1.807) is 17.6 Å². The summed E-state index contributed by atoms with van der Waals surface area (Å²) in [6.07, 6.45) is 6.20. The van der Waals surface area contributed by atoms with Gasteiger partial charge in [0.25, 0.3) is 0 Å². The molecule has 0 saturated carbocycles. The summed E-state index contributed by atoms with van der Waals surface area (Å²) in [7, 11) is 0. The van der Waals surface area contributed by atoms with Gasteiger partial charge in [-0.15, -0.1) is 11.3 Å². The molecule has 2 aromatic rings. The van der Waals surface area contributed by atoms with Crippen molar-refractivity contribution >= 4 is 34.2 Å². The van der Waals surface area contributed by atoms with Crippen LogP contribution in [0.2, 0.25) is 5.02 Å². The zero-order chi connectivity index (χ0) is 16.2. The first-order valence-electron chi connectivity index (χ1n) is 7.74. The summed E-state index contributed by atoms with van der Waals surface area (Å²) in [4.78, 5) is 5.86. The average molecular weight is 345 g/mol. The molecule has 1 aliphatic rings. The smallest absolute Gasteiger partial charge is 0.137 e. The highest BCUT2D eigenvalue weighted by Gasteiger charge is 2.20. The molecule has 118 valence electrons. The monoisotopic (exact) mass is 344 g/mol. The Morgan fingerprint density at radius 2 is 2.22 bits per heavy atom. The van der Waals surface area contributed by atoms with Crippen molar-refractivity contribution in [1.29, 1.82) is 5.26 Å². The van der Waals surface area contributed by atoms with Gasteiger partial charge in [0.2, 0.25) is 0 Å². The van der Waals surface area contributed by atoms with Gasteiger partial charge < -0.3 is 4.74 Å². The molecule has 1 heterocycles. The van der Waals surface area contributed by atoms with Crippen molar-refractivity contribution in [2.75, 3.05) is 6.61 Å². The first-order chi connectivity index (χ1) is 11.2. The van der Waals surface area contributed by atoms with Crippen LogP contribution in [-0.2, 0) is 12.8 Å². The van der Waals surface area contributed by atoms with Crippen LogP contribution in [0.4, 0.5) is 5.00 Å². The molecular weight excluding hydrogens is 328 g/mol. The number of nitrogens with zero attached hydrogens (tertiary/aromatic N) is 2. The Kier molecular flexibility index (Phi) is 5.00. The molecule has 0 radical (unpaired) electrons. The molecule has 5 heteroatoms. The molecule has 1 aliphatic carbocycles. The lowest BCUT2D eigenvalue weighted by Gasteiger charge is -2.09. The average Bonchev–Trinajstić information content (AvgIpc) is 2.93. The molecule has 0 fully saturated rings. The van der Waals surface area contributed by atoms with Gasteiger partial charge in [-0.3, -0.25) is 0 Å². The van der Waals surface area contributed by atoms with Gasteiger partial charge in [-0.1, -0.05) is 11.6 Å². The van der Waals surface area contributed by atoms with Gasteiger partial charge in [-0.2, -0.15) is 5.26 Å². The third-order valence-electron chi connectivity index (χ3n) is 3.85. The SMILES string of the molecule is CCOc1ccc(C=Nc2sc3c(c2C#N)CCCC3)cc1Cl. The van der Waals surface area contributed by atoms with Crippen molar-refractivity contribution in [2.45, 2.75) is 32.6 Å². The van der Waals surface area contributed by atoms with Crippen LogP contribution < -0.4 is 4.74 Å². The lowest BCUT2D eigenvalue weighted by Crippen LogP contribution is -1.99. The molecule has 0 N–H and O–H groups in total. The summed E-state index contributed by atoms with van der Waals surface area (Å²) in [5.41, 5.74) is 2.85. The zero-order valence-corrected chi connectivity index (χ0v) is 14.5. The summed E-state index contributed by atoms with van der Waals surface area (Å²) < 4.78 is 5.43. The van der Waals surface area contributed by atoms with E-state index in [1.807, 2.05) is 25.1 Å². The number of halogens is 1. The quantitative estimate of drug-likeness (QED) is 0.706. The topological polar surface area (TPSA) is 45.4 Å². The minimum absolute atomic E-state index is 0.571. The standard InChI is InChI=1S/C18H17ClN2OS/c1-2-22-16-8-7-12(9-15(16)19)11-21-18-14(10-20)13-5-3-4-6-17(13)23-18/h7-9,11H,2-6H2,1H3. The summed E-state index contributed by atoms with van der Waals surface area (Å²) in [5, 5.41) is 10.8. The fourth-order valence-corrected chi connectivity index (χ4v) is 4.19. The van der Waals surface area contributed by atoms with Crippen molar-refractivity contribution in [3.63, 3.8) is 0 Å². The van der Waals surface area contributed by atoms with Gasteiger partial charge in [0, 0.05) is 11.1 Å². The van der Waals surface area contributed by atoms with E-state index >= 15 is 0 Å². The molecule has 0 spiro atoms. The summed E-state index contributed by atoms with van der Waals surface area (Å²) in [6.45, 7) is 2.51. The van der Waals surface area contributed by atoms with E-state index in [0.717, 1.165) is 35.4 Å². The fourth-order valence-electron chi connectivity index (χ4n) is 2.76. The molecule has 3 rings (SSSR count). The zero-order valence-electron chi connectivity index (χ0n) is 12.9. The van der Waals surface area contributed by atoms with Crippen LogP contribution in [0.25, 0.3) is 0 Å². The second-order valence-corrected chi connectivity index (χ2v) is 6.87. The molecule has 0 aliphatic heterocycles. The largest absolute Gasteiger partial charge is 0.492 e. The van der Waals surface area contributed by atoms with Crippen LogP contribution >= 0.6 is 22.9 Å². The fraction of sp³-hybridized carbons (Fsp3) is 0.333. The Balaban J connectivity index is 1.87. The highest BCUT2D eigenvalue weighted by atomic mass is 35.5. The van der Waals surface area contributed by atoms with Crippen LogP contribution in [0.1, 0.15) is 41.3 Å². The van der Waals surface area contributed by atoms with Crippen molar-refractivity contribution in [3.8, 4) is 11.8 Å². The number of hydrogen-bond acceptors (Lipinski definition) is 4. The molecule has 0 bridgehead atoms. The van der Waals surface area contributed by atoms with Crippen LogP contribution in [0.5, 0.6) is 5.75 Å². The summed E-state index contributed by atoms with van der Waals surface area (Å²) in [6, 6.07) is 7.92. The number of aryl methyl sites for hydroxylation is 1. The summed E-state index contributed by atoms with van der Waals surface area (Å²) >= 11 is 7.84. The first-order valence-corrected chi connectivity index (χ1v) is 8.93. The second kappa shape index (κ2) is 7.16. The number of fused-ring (bicyclic) bond motifs is 1. The number of benzene rings is 1. The molecule has 0 amide bonds. The second-order valence-electron chi connectivity index (χ2n) is 5.38. The van der Waals surface area contributed by atoms with E-state index in [2.05, 4.69) is 11.1 Å². The molecule has 1 aromatic carbocycles. The van der Waals surface area contributed by atoms with Crippen LogP contribution in [0.15, 0.2) is 23.2 Å². The number of thiophene rings is 1. The Bertz CT molecular complexity index is 789. The maximum absolute atomic E-state index is 9.45. The highest BCUT2D eigenvalue weighted by molar-refractivity contribution is 7.16. The third kappa shape index (κ3) is 3.41. The molecular formula is C18H17ClN2OS. The van der Waals surface area contributed by atoms with Gasteiger partial charge in [-0.05, 0) is 61.9 Å². The summed E-state index contributed by atoms with van der Waals surface area (Å²) in [5.74, 6) is 0.676. The third-order valence-corrected chi connectivity index (χ3v) is 5.35. The Hall–Kier alpha value is -1.83. The van der Waals surface area contributed by atoms with Crippen LogP contribution in [0, 0.1) is 11.3 Å². The van der Waals surface area contributed by atoms with E-state index < -0.39 is 0 Å². The minimum Gasteiger partial charge on any atom is -0.492 e. The van der Waals surface area contributed by atoms with Crippen LogP contribution in [0.3, 0.4) is 0 Å². The predicted octanol–water partition coefficient (Wildman–Crippen LogP) is 5.30. The Morgan fingerprint density at radius 1 is 1.39 bits per heavy atom.